The summed E-state index contributed by atoms with van der Waals surface area (Å²) in [5.41, 5.74) is 1.59. The van der Waals surface area contributed by atoms with Crippen molar-refractivity contribution in [3.8, 4) is 11.5 Å². The standard InChI is InChI=1S/C8H9N5/c1-6-3-4-7(11-10-6)8-9-5-13(2)12-8/h3-5H,1-2H3. The zero-order valence-electron chi connectivity index (χ0n) is 7.47. The minimum Gasteiger partial charge on any atom is -0.255 e. The summed E-state index contributed by atoms with van der Waals surface area (Å²) in [6, 6.07) is 3.75. The van der Waals surface area contributed by atoms with Gasteiger partial charge in [0, 0.05) is 7.05 Å². The monoisotopic (exact) mass is 175 g/mol. The van der Waals surface area contributed by atoms with Crippen LogP contribution in [0.2, 0.25) is 0 Å². The lowest BCUT2D eigenvalue weighted by molar-refractivity contribution is 0.766. The van der Waals surface area contributed by atoms with E-state index >= 15 is 0 Å². The lowest BCUT2D eigenvalue weighted by atomic mass is 10.3. The second-order valence-corrected chi connectivity index (χ2v) is 2.80. The molecule has 0 fully saturated rings. The van der Waals surface area contributed by atoms with Gasteiger partial charge < -0.3 is 0 Å². The van der Waals surface area contributed by atoms with Gasteiger partial charge in [0.05, 0.1) is 5.69 Å². The first-order chi connectivity index (χ1) is 6.25. The zero-order chi connectivity index (χ0) is 9.26. The number of hydrogen-bond acceptors (Lipinski definition) is 4. The molecule has 66 valence electrons. The van der Waals surface area contributed by atoms with Crippen molar-refractivity contribution in [1.82, 2.24) is 25.0 Å². The Morgan fingerprint density at radius 3 is 2.62 bits per heavy atom. The molecular formula is C8H9N5. The lowest BCUT2D eigenvalue weighted by Crippen LogP contribution is -1.92. The van der Waals surface area contributed by atoms with Crippen LogP contribution in [0.1, 0.15) is 5.69 Å². The quantitative estimate of drug-likeness (QED) is 0.636. The minimum absolute atomic E-state index is 0.606. The van der Waals surface area contributed by atoms with Gasteiger partial charge >= 0.3 is 0 Å². The van der Waals surface area contributed by atoms with Crippen LogP contribution in [0, 0.1) is 6.92 Å². The minimum atomic E-state index is 0.606. The van der Waals surface area contributed by atoms with E-state index in [0.717, 1.165) is 5.69 Å². The van der Waals surface area contributed by atoms with Crippen molar-refractivity contribution in [2.75, 3.05) is 0 Å². The molecule has 0 atom stereocenters. The van der Waals surface area contributed by atoms with E-state index in [0.29, 0.717) is 11.5 Å². The van der Waals surface area contributed by atoms with Crippen molar-refractivity contribution in [1.29, 1.82) is 0 Å². The Bertz CT molecular complexity index is 403. The Hall–Kier alpha value is -1.78. The highest BCUT2D eigenvalue weighted by molar-refractivity contribution is 5.46. The van der Waals surface area contributed by atoms with Gasteiger partial charge in [-0.05, 0) is 19.1 Å². The van der Waals surface area contributed by atoms with Crippen LogP contribution < -0.4 is 0 Å². The highest BCUT2D eigenvalue weighted by atomic mass is 15.3. The van der Waals surface area contributed by atoms with Crippen molar-refractivity contribution in [2.45, 2.75) is 6.92 Å². The van der Waals surface area contributed by atoms with E-state index in [1.807, 2.05) is 26.1 Å². The number of aromatic nitrogens is 5. The molecule has 0 radical (unpaired) electrons. The van der Waals surface area contributed by atoms with Crippen LogP contribution in [0.15, 0.2) is 18.5 Å². The summed E-state index contributed by atoms with van der Waals surface area (Å²) < 4.78 is 1.64. The summed E-state index contributed by atoms with van der Waals surface area (Å²) in [7, 11) is 1.82. The van der Waals surface area contributed by atoms with Crippen molar-refractivity contribution >= 4 is 0 Å². The van der Waals surface area contributed by atoms with Gasteiger partial charge in [0.2, 0.25) is 5.82 Å². The Balaban J connectivity index is 2.41. The maximum absolute atomic E-state index is 4.11. The topological polar surface area (TPSA) is 56.5 Å². The average molecular weight is 175 g/mol. The Kier molecular flexibility index (Phi) is 1.77. The van der Waals surface area contributed by atoms with E-state index in [9.17, 15) is 0 Å². The molecule has 0 spiro atoms. The predicted molar refractivity (Wildman–Crippen MR) is 46.8 cm³/mol. The van der Waals surface area contributed by atoms with Gasteiger partial charge in [-0.15, -0.1) is 10.2 Å². The molecular weight excluding hydrogens is 166 g/mol. The van der Waals surface area contributed by atoms with Gasteiger partial charge in [-0.1, -0.05) is 0 Å². The molecule has 5 heteroatoms. The number of rotatable bonds is 1. The third-order valence-electron chi connectivity index (χ3n) is 1.63. The molecule has 2 aromatic rings. The normalized spacial score (nSPS) is 10.3. The third kappa shape index (κ3) is 1.53. The van der Waals surface area contributed by atoms with Crippen molar-refractivity contribution in [2.24, 2.45) is 7.05 Å². The first-order valence-corrected chi connectivity index (χ1v) is 3.92. The van der Waals surface area contributed by atoms with E-state index < -0.39 is 0 Å². The SMILES string of the molecule is Cc1ccc(-c2ncn(C)n2)nn1. The van der Waals surface area contributed by atoms with Gasteiger partial charge in [0.1, 0.15) is 12.0 Å². The molecule has 0 amide bonds. The van der Waals surface area contributed by atoms with E-state index in [1.54, 1.807) is 11.0 Å². The van der Waals surface area contributed by atoms with Crippen LogP contribution in [0.3, 0.4) is 0 Å². The molecule has 0 bridgehead atoms. The molecule has 5 nitrogen and oxygen atoms in total. The summed E-state index contributed by atoms with van der Waals surface area (Å²) in [6.07, 6.45) is 1.64. The number of aryl methyl sites for hydroxylation is 2. The van der Waals surface area contributed by atoms with E-state index in [-0.39, 0.29) is 0 Å². The molecule has 2 heterocycles. The highest BCUT2D eigenvalue weighted by Crippen LogP contribution is 2.08. The molecule has 0 aromatic carbocycles. The molecule has 0 saturated carbocycles. The maximum Gasteiger partial charge on any atom is 0.201 e. The highest BCUT2D eigenvalue weighted by Gasteiger charge is 2.03. The van der Waals surface area contributed by atoms with Gasteiger partial charge in [-0.3, -0.25) is 4.68 Å². The van der Waals surface area contributed by atoms with Crippen LogP contribution >= 0.6 is 0 Å². The van der Waals surface area contributed by atoms with E-state index in [4.69, 9.17) is 0 Å². The molecule has 0 saturated heterocycles. The van der Waals surface area contributed by atoms with E-state index in [2.05, 4.69) is 20.3 Å². The number of nitrogens with zero attached hydrogens (tertiary/aromatic N) is 5. The fourth-order valence-electron chi connectivity index (χ4n) is 0.975. The molecule has 0 aliphatic heterocycles. The van der Waals surface area contributed by atoms with Gasteiger partial charge in [-0.25, -0.2) is 4.98 Å². The summed E-state index contributed by atoms with van der Waals surface area (Å²) in [6.45, 7) is 1.89. The van der Waals surface area contributed by atoms with Crippen LogP contribution in [0.25, 0.3) is 11.5 Å². The summed E-state index contributed by atoms with van der Waals surface area (Å²) >= 11 is 0. The smallest absolute Gasteiger partial charge is 0.201 e. The first-order valence-electron chi connectivity index (χ1n) is 3.92. The van der Waals surface area contributed by atoms with Crippen LogP contribution in [0.5, 0.6) is 0 Å². The number of hydrogen-bond donors (Lipinski definition) is 0. The van der Waals surface area contributed by atoms with Crippen LogP contribution in [-0.2, 0) is 7.05 Å². The van der Waals surface area contributed by atoms with Gasteiger partial charge in [0.25, 0.3) is 0 Å². The first kappa shape index (κ1) is 7.85. The zero-order valence-corrected chi connectivity index (χ0v) is 7.47. The fourth-order valence-corrected chi connectivity index (χ4v) is 0.975. The average Bonchev–Trinajstić information content (AvgIpc) is 2.53. The molecule has 0 unspecified atom stereocenters. The van der Waals surface area contributed by atoms with Crippen molar-refractivity contribution < 1.29 is 0 Å². The second-order valence-electron chi connectivity index (χ2n) is 2.80. The Morgan fingerprint density at radius 2 is 2.08 bits per heavy atom. The van der Waals surface area contributed by atoms with Gasteiger partial charge in [0.15, 0.2) is 0 Å². The van der Waals surface area contributed by atoms with Gasteiger partial charge in [-0.2, -0.15) is 5.10 Å². The molecule has 0 N–H and O–H groups in total. The lowest BCUT2D eigenvalue weighted by Gasteiger charge is -1.92. The van der Waals surface area contributed by atoms with Crippen LogP contribution in [0.4, 0.5) is 0 Å². The van der Waals surface area contributed by atoms with Crippen molar-refractivity contribution in [3.63, 3.8) is 0 Å². The predicted octanol–water partition coefficient (Wildman–Crippen LogP) is 0.581. The van der Waals surface area contributed by atoms with E-state index in [1.165, 1.54) is 0 Å². The fraction of sp³-hybridized carbons (Fsp3) is 0.250. The Labute approximate surface area is 75.5 Å². The molecule has 2 aromatic heterocycles. The molecule has 2 rings (SSSR count). The largest absolute Gasteiger partial charge is 0.255 e. The van der Waals surface area contributed by atoms with Crippen LogP contribution in [-0.4, -0.2) is 25.0 Å². The second kappa shape index (κ2) is 2.93. The molecule has 0 aliphatic rings. The molecule has 0 aliphatic carbocycles. The third-order valence-corrected chi connectivity index (χ3v) is 1.63. The van der Waals surface area contributed by atoms with Crippen molar-refractivity contribution in [3.05, 3.63) is 24.2 Å². The summed E-state index contributed by atoms with van der Waals surface area (Å²) in [5.74, 6) is 0.606. The Morgan fingerprint density at radius 1 is 1.23 bits per heavy atom. The molecule has 13 heavy (non-hydrogen) atoms. The summed E-state index contributed by atoms with van der Waals surface area (Å²) in [4.78, 5) is 4.07. The summed E-state index contributed by atoms with van der Waals surface area (Å²) in [5, 5.41) is 12.0. The maximum atomic E-state index is 4.11.